The number of benzene rings is 3. The molecule has 2 aromatic heterocycles. The average Bonchev–Trinajstić information content (AvgIpc) is 3.50. The number of aromatic amines is 2. The lowest BCUT2D eigenvalue weighted by Gasteiger charge is -2.24. The molecule has 2 atom stereocenters. The highest BCUT2D eigenvalue weighted by atomic mass is 15.0. The topological polar surface area (TPSA) is 109 Å². The summed E-state index contributed by atoms with van der Waals surface area (Å²) < 4.78 is 0. The second kappa shape index (κ2) is 8.52. The number of nitrogens with one attached hydrogen (secondary N) is 2. The third-order valence-corrected chi connectivity index (χ3v) is 8.08. The fourth-order valence-corrected chi connectivity index (χ4v) is 5.42. The van der Waals surface area contributed by atoms with Crippen molar-refractivity contribution in [2.24, 2.45) is 22.3 Å². The molecule has 196 valence electrons. The Bertz CT molecular complexity index is 1670. The number of imidazole rings is 2. The number of fused-ring (bicyclic) bond motifs is 6. The molecule has 0 spiro atoms. The van der Waals surface area contributed by atoms with E-state index >= 15 is 0 Å². The van der Waals surface area contributed by atoms with Gasteiger partial charge >= 0.3 is 0 Å². The van der Waals surface area contributed by atoms with Gasteiger partial charge in [0.2, 0.25) is 0 Å². The molecule has 3 aromatic carbocycles. The standard InChI is InChI=1S/C32H38N6/c1-31(2,3)27(33)29-35-23-13-9-19-15-17(7-11-21(19)25(23)37-29)18-8-12-22-20(16-18)10-14-24-26(22)38-30(36-24)28(34)32(4,5)6/h7-9,11-13,15-16,27-28H,10,14,33-34H2,1-6H3,(H,35,37)(H,36,38)/t27?,28-/m1/s1. The van der Waals surface area contributed by atoms with E-state index in [9.17, 15) is 0 Å². The van der Waals surface area contributed by atoms with Crippen LogP contribution in [0.2, 0.25) is 0 Å². The number of hydrogen-bond donors (Lipinski definition) is 4. The number of aryl methyl sites for hydroxylation is 2. The molecule has 0 bridgehead atoms. The molecule has 6 heteroatoms. The van der Waals surface area contributed by atoms with Crippen LogP contribution in [-0.4, -0.2) is 19.9 Å². The predicted molar refractivity (Wildman–Crippen MR) is 157 cm³/mol. The van der Waals surface area contributed by atoms with Crippen molar-refractivity contribution in [3.05, 3.63) is 71.4 Å². The van der Waals surface area contributed by atoms with Crippen LogP contribution in [0.1, 0.15) is 76.5 Å². The molecule has 6 N–H and O–H groups in total. The Hall–Kier alpha value is -3.48. The van der Waals surface area contributed by atoms with Gasteiger partial charge in [0.05, 0.1) is 28.8 Å². The molecular weight excluding hydrogens is 468 g/mol. The highest BCUT2D eigenvalue weighted by Gasteiger charge is 2.29. The van der Waals surface area contributed by atoms with Crippen LogP contribution in [0.4, 0.5) is 0 Å². The monoisotopic (exact) mass is 506 g/mol. The Balaban J connectivity index is 1.35. The van der Waals surface area contributed by atoms with Crippen LogP contribution < -0.4 is 11.5 Å². The van der Waals surface area contributed by atoms with Crippen LogP contribution in [-0.2, 0) is 12.8 Å². The molecule has 6 rings (SSSR count). The molecule has 38 heavy (non-hydrogen) atoms. The lowest BCUT2D eigenvalue weighted by atomic mass is 9.87. The van der Waals surface area contributed by atoms with Crippen molar-refractivity contribution >= 4 is 21.8 Å². The third-order valence-electron chi connectivity index (χ3n) is 8.08. The SMILES string of the molecule is CC(C)(C)C(N)c1nc2c(ccc3cc(-c4ccc5c(c4)CCc4[nH]c([C@@H](N)C(C)(C)C)nc4-5)ccc32)[nH]1. The summed E-state index contributed by atoms with van der Waals surface area (Å²) in [5, 5.41) is 2.31. The highest BCUT2D eigenvalue weighted by molar-refractivity contribution is 6.05. The molecule has 6 nitrogen and oxygen atoms in total. The zero-order chi connectivity index (χ0) is 27.0. The number of H-pyrrole nitrogens is 2. The summed E-state index contributed by atoms with van der Waals surface area (Å²) >= 11 is 0. The van der Waals surface area contributed by atoms with Crippen molar-refractivity contribution in [1.29, 1.82) is 0 Å². The van der Waals surface area contributed by atoms with E-state index in [0.29, 0.717) is 0 Å². The first kappa shape index (κ1) is 24.8. The maximum Gasteiger partial charge on any atom is 0.124 e. The molecule has 0 saturated heterocycles. The number of rotatable bonds is 3. The molecule has 0 radical (unpaired) electrons. The van der Waals surface area contributed by atoms with Gasteiger partial charge in [-0.05, 0) is 57.9 Å². The Morgan fingerprint density at radius 1 is 0.737 bits per heavy atom. The van der Waals surface area contributed by atoms with E-state index in [1.165, 1.54) is 33.3 Å². The molecule has 0 fully saturated rings. The lowest BCUT2D eigenvalue weighted by molar-refractivity contribution is 0.316. The second-order valence-electron chi connectivity index (χ2n) is 13.0. The molecule has 0 saturated carbocycles. The smallest absolute Gasteiger partial charge is 0.124 e. The number of aromatic nitrogens is 4. The molecule has 2 heterocycles. The zero-order valence-electron chi connectivity index (χ0n) is 23.2. The maximum atomic E-state index is 6.51. The van der Waals surface area contributed by atoms with Crippen LogP contribution in [0, 0.1) is 10.8 Å². The summed E-state index contributed by atoms with van der Waals surface area (Å²) in [7, 11) is 0. The fourth-order valence-electron chi connectivity index (χ4n) is 5.42. The van der Waals surface area contributed by atoms with Crippen LogP contribution in [0.15, 0.2) is 48.5 Å². The molecule has 5 aromatic rings. The van der Waals surface area contributed by atoms with Gasteiger partial charge in [-0.25, -0.2) is 9.97 Å². The van der Waals surface area contributed by atoms with Crippen LogP contribution in [0.25, 0.3) is 44.2 Å². The normalized spacial score (nSPS) is 15.5. The van der Waals surface area contributed by atoms with E-state index in [1.807, 2.05) is 0 Å². The third kappa shape index (κ3) is 4.12. The lowest BCUT2D eigenvalue weighted by Crippen LogP contribution is -2.27. The molecule has 0 aliphatic heterocycles. The van der Waals surface area contributed by atoms with Crippen molar-refractivity contribution in [2.75, 3.05) is 0 Å². The van der Waals surface area contributed by atoms with Crippen molar-refractivity contribution in [2.45, 2.75) is 66.5 Å². The first-order valence-electron chi connectivity index (χ1n) is 13.6. The Labute approximate surface area is 224 Å². The maximum absolute atomic E-state index is 6.51. The number of nitrogens with two attached hydrogens (primary N) is 2. The van der Waals surface area contributed by atoms with Crippen molar-refractivity contribution in [3.63, 3.8) is 0 Å². The van der Waals surface area contributed by atoms with Gasteiger partial charge in [-0.1, -0.05) is 77.9 Å². The minimum Gasteiger partial charge on any atom is -0.344 e. The summed E-state index contributed by atoms with van der Waals surface area (Å²) in [6, 6.07) is 17.4. The zero-order valence-corrected chi connectivity index (χ0v) is 23.2. The largest absolute Gasteiger partial charge is 0.344 e. The van der Waals surface area contributed by atoms with E-state index in [2.05, 4.69) is 100 Å². The van der Waals surface area contributed by atoms with E-state index in [-0.39, 0.29) is 22.9 Å². The quantitative estimate of drug-likeness (QED) is 0.212. The van der Waals surface area contributed by atoms with Gasteiger partial charge in [0.15, 0.2) is 0 Å². The highest BCUT2D eigenvalue weighted by Crippen LogP contribution is 2.38. The van der Waals surface area contributed by atoms with Crippen LogP contribution >= 0.6 is 0 Å². The van der Waals surface area contributed by atoms with E-state index in [0.717, 1.165) is 46.6 Å². The average molecular weight is 507 g/mol. The fraction of sp³-hybridized carbons (Fsp3) is 0.375. The van der Waals surface area contributed by atoms with Gasteiger partial charge in [-0.15, -0.1) is 0 Å². The van der Waals surface area contributed by atoms with E-state index in [4.69, 9.17) is 21.4 Å². The first-order chi connectivity index (χ1) is 17.9. The minimum absolute atomic E-state index is 0.0507. The number of hydrogen-bond acceptors (Lipinski definition) is 4. The summed E-state index contributed by atoms with van der Waals surface area (Å²) in [5.74, 6) is 1.72. The number of nitrogens with zero attached hydrogens (tertiary/aromatic N) is 2. The molecule has 1 aliphatic rings. The Kier molecular flexibility index (Phi) is 5.57. The second-order valence-corrected chi connectivity index (χ2v) is 13.0. The molecular formula is C32H38N6. The first-order valence-corrected chi connectivity index (χ1v) is 13.6. The van der Waals surface area contributed by atoms with Gasteiger partial charge in [0.25, 0.3) is 0 Å². The minimum atomic E-state index is -0.157. The summed E-state index contributed by atoms with van der Waals surface area (Å²) in [6.45, 7) is 12.9. The van der Waals surface area contributed by atoms with E-state index in [1.54, 1.807) is 0 Å². The summed E-state index contributed by atoms with van der Waals surface area (Å²) in [6.07, 6.45) is 1.93. The van der Waals surface area contributed by atoms with Crippen molar-refractivity contribution in [1.82, 2.24) is 19.9 Å². The summed E-state index contributed by atoms with van der Waals surface area (Å²) in [5.41, 5.74) is 22.1. The summed E-state index contributed by atoms with van der Waals surface area (Å²) in [4.78, 5) is 16.9. The molecule has 1 unspecified atom stereocenters. The van der Waals surface area contributed by atoms with Gasteiger partial charge in [0, 0.05) is 16.6 Å². The predicted octanol–water partition coefficient (Wildman–Crippen LogP) is 6.96. The Morgan fingerprint density at radius 3 is 2.11 bits per heavy atom. The van der Waals surface area contributed by atoms with Crippen molar-refractivity contribution < 1.29 is 0 Å². The molecule has 1 aliphatic carbocycles. The Morgan fingerprint density at radius 2 is 1.39 bits per heavy atom. The van der Waals surface area contributed by atoms with Gasteiger partial charge in [0.1, 0.15) is 11.6 Å². The van der Waals surface area contributed by atoms with Crippen molar-refractivity contribution in [3.8, 4) is 22.4 Å². The van der Waals surface area contributed by atoms with Gasteiger partial charge < -0.3 is 21.4 Å². The van der Waals surface area contributed by atoms with Crippen LogP contribution in [0.3, 0.4) is 0 Å². The molecule has 0 amide bonds. The van der Waals surface area contributed by atoms with Gasteiger partial charge in [-0.2, -0.15) is 0 Å². The van der Waals surface area contributed by atoms with Gasteiger partial charge in [-0.3, -0.25) is 0 Å². The van der Waals surface area contributed by atoms with Crippen LogP contribution in [0.5, 0.6) is 0 Å². The van der Waals surface area contributed by atoms with E-state index < -0.39 is 0 Å².